The van der Waals surface area contributed by atoms with Gasteiger partial charge in [0.25, 0.3) is 5.91 Å². The van der Waals surface area contributed by atoms with Gasteiger partial charge in [-0.15, -0.1) is 0 Å². The number of amides is 1. The lowest BCUT2D eigenvalue weighted by atomic mass is 10.00. The second-order valence-corrected chi connectivity index (χ2v) is 10.8. The molecule has 0 saturated carbocycles. The standard InChI is InChI=1S/C31H34ClN5O2/c1-20-16-27(36-35-20)28(18-21-6-4-3-5-7-21)37(2)31(39)23-10-8-22(9-11-23)17-25-13-14-26(34-25)30(38)24-12-15-29(32)33-19-24/h3-12,15-16,19,25-26,28,30,34,38H,13-14,17-18H2,1-2H3,(H,35,36). The van der Waals surface area contributed by atoms with E-state index in [1.165, 1.54) is 0 Å². The van der Waals surface area contributed by atoms with Crippen molar-refractivity contribution < 1.29 is 9.90 Å². The van der Waals surface area contributed by atoms with Crippen molar-refractivity contribution in [3.05, 3.63) is 118 Å². The van der Waals surface area contributed by atoms with Crippen molar-refractivity contribution in [3.8, 4) is 0 Å². The Kier molecular flexibility index (Phi) is 8.41. The predicted molar refractivity (Wildman–Crippen MR) is 153 cm³/mol. The van der Waals surface area contributed by atoms with Gasteiger partial charge in [0.05, 0.1) is 17.8 Å². The number of pyridine rings is 1. The van der Waals surface area contributed by atoms with E-state index < -0.39 is 6.10 Å². The maximum absolute atomic E-state index is 13.5. The van der Waals surface area contributed by atoms with Gasteiger partial charge in [-0.2, -0.15) is 5.10 Å². The molecule has 7 nitrogen and oxygen atoms in total. The molecule has 0 bridgehead atoms. The van der Waals surface area contributed by atoms with Gasteiger partial charge in [0, 0.05) is 42.1 Å². The summed E-state index contributed by atoms with van der Waals surface area (Å²) >= 11 is 5.88. The zero-order valence-corrected chi connectivity index (χ0v) is 23.0. The maximum atomic E-state index is 13.5. The fraction of sp³-hybridized carbons (Fsp3) is 0.323. The quantitative estimate of drug-likeness (QED) is 0.252. The minimum atomic E-state index is -0.627. The fourth-order valence-corrected chi connectivity index (χ4v) is 5.47. The fourth-order valence-electron chi connectivity index (χ4n) is 5.35. The number of aliphatic hydroxyl groups excluding tert-OH is 1. The highest BCUT2D eigenvalue weighted by molar-refractivity contribution is 6.29. The first-order chi connectivity index (χ1) is 18.9. The Morgan fingerprint density at radius 3 is 2.51 bits per heavy atom. The number of carbonyl (C=O) groups excluding carboxylic acids is 1. The molecule has 4 aromatic rings. The van der Waals surface area contributed by atoms with E-state index in [0.717, 1.165) is 47.3 Å². The molecule has 2 aromatic heterocycles. The van der Waals surface area contributed by atoms with Crippen molar-refractivity contribution in [2.45, 2.75) is 56.8 Å². The average molecular weight is 544 g/mol. The molecule has 2 aromatic carbocycles. The molecule has 0 aliphatic carbocycles. The summed E-state index contributed by atoms with van der Waals surface area (Å²) in [5.74, 6) is -0.0399. The average Bonchev–Trinajstić information content (AvgIpc) is 3.61. The molecule has 1 fully saturated rings. The zero-order chi connectivity index (χ0) is 27.4. The first-order valence-electron chi connectivity index (χ1n) is 13.3. The Bertz CT molecular complexity index is 1370. The normalized spacial score (nSPS) is 18.6. The molecule has 4 atom stereocenters. The third kappa shape index (κ3) is 6.56. The van der Waals surface area contributed by atoms with Gasteiger partial charge in [0.15, 0.2) is 0 Å². The van der Waals surface area contributed by atoms with Crippen molar-refractivity contribution in [3.63, 3.8) is 0 Å². The van der Waals surface area contributed by atoms with Crippen LogP contribution in [-0.2, 0) is 12.8 Å². The van der Waals surface area contributed by atoms with Gasteiger partial charge in [-0.25, -0.2) is 4.98 Å². The van der Waals surface area contributed by atoms with Gasteiger partial charge >= 0.3 is 0 Å². The summed E-state index contributed by atoms with van der Waals surface area (Å²) in [6, 6.07) is 23.6. The number of hydrogen-bond donors (Lipinski definition) is 3. The van der Waals surface area contributed by atoms with Crippen LogP contribution in [0.1, 0.15) is 63.4 Å². The van der Waals surface area contributed by atoms with E-state index in [1.54, 1.807) is 17.2 Å². The van der Waals surface area contributed by atoms with Crippen LogP contribution in [0.4, 0.5) is 0 Å². The van der Waals surface area contributed by atoms with Crippen LogP contribution in [0.3, 0.4) is 0 Å². The highest BCUT2D eigenvalue weighted by atomic mass is 35.5. The van der Waals surface area contributed by atoms with Crippen LogP contribution in [0.25, 0.3) is 0 Å². The minimum Gasteiger partial charge on any atom is -0.387 e. The number of hydrogen-bond acceptors (Lipinski definition) is 5. The first-order valence-corrected chi connectivity index (χ1v) is 13.7. The number of carbonyl (C=O) groups is 1. The van der Waals surface area contributed by atoms with Gasteiger partial charge in [0.1, 0.15) is 5.15 Å². The van der Waals surface area contributed by atoms with Crippen molar-refractivity contribution in [2.75, 3.05) is 7.05 Å². The summed E-state index contributed by atoms with van der Waals surface area (Å²) in [5.41, 5.74) is 5.53. The molecule has 0 radical (unpaired) electrons. The van der Waals surface area contributed by atoms with Gasteiger partial charge in [0.2, 0.25) is 0 Å². The van der Waals surface area contributed by atoms with Gasteiger partial charge in [-0.05, 0) is 68.0 Å². The molecule has 1 saturated heterocycles. The molecule has 1 aliphatic heterocycles. The van der Waals surface area contributed by atoms with E-state index in [2.05, 4.69) is 32.6 Å². The number of likely N-dealkylation sites (N-methyl/N-ethyl adjacent to an activating group) is 1. The topological polar surface area (TPSA) is 94.1 Å². The Morgan fingerprint density at radius 2 is 1.85 bits per heavy atom. The van der Waals surface area contributed by atoms with Crippen LogP contribution in [0.15, 0.2) is 79.0 Å². The van der Waals surface area contributed by atoms with Crippen LogP contribution >= 0.6 is 11.6 Å². The van der Waals surface area contributed by atoms with Crippen LogP contribution in [0.2, 0.25) is 5.15 Å². The SMILES string of the molecule is Cc1cc(C(Cc2ccccc2)N(C)C(=O)c2ccc(CC3CCC(C(O)c4ccc(Cl)nc4)N3)cc2)n[nH]1. The maximum Gasteiger partial charge on any atom is 0.254 e. The lowest BCUT2D eigenvalue weighted by Gasteiger charge is -2.27. The minimum absolute atomic E-state index is 0.0281. The van der Waals surface area contributed by atoms with Gasteiger partial charge < -0.3 is 15.3 Å². The van der Waals surface area contributed by atoms with E-state index in [0.29, 0.717) is 17.1 Å². The third-order valence-electron chi connectivity index (χ3n) is 7.56. The molecule has 3 N–H and O–H groups in total. The molecule has 202 valence electrons. The van der Waals surface area contributed by atoms with Crippen molar-refractivity contribution in [2.24, 2.45) is 0 Å². The van der Waals surface area contributed by atoms with Gasteiger partial charge in [-0.1, -0.05) is 60.1 Å². The number of rotatable bonds is 9. The van der Waals surface area contributed by atoms with E-state index in [9.17, 15) is 9.90 Å². The van der Waals surface area contributed by atoms with Crippen LogP contribution < -0.4 is 5.32 Å². The van der Waals surface area contributed by atoms with E-state index >= 15 is 0 Å². The van der Waals surface area contributed by atoms with E-state index in [4.69, 9.17) is 11.6 Å². The van der Waals surface area contributed by atoms with E-state index in [1.807, 2.05) is 68.6 Å². The number of benzene rings is 2. The van der Waals surface area contributed by atoms with Crippen molar-refractivity contribution >= 4 is 17.5 Å². The number of aromatic amines is 1. The number of aliphatic hydroxyl groups is 1. The second-order valence-electron chi connectivity index (χ2n) is 10.4. The summed E-state index contributed by atoms with van der Waals surface area (Å²) in [5, 5.41) is 22.2. The number of nitrogens with one attached hydrogen (secondary N) is 2. The number of aryl methyl sites for hydroxylation is 1. The summed E-state index contributed by atoms with van der Waals surface area (Å²) in [7, 11) is 1.85. The molecule has 3 heterocycles. The zero-order valence-electron chi connectivity index (χ0n) is 22.2. The summed E-state index contributed by atoms with van der Waals surface area (Å²) in [4.78, 5) is 19.4. The highest BCUT2D eigenvalue weighted by Crippen LogP contribution is 2.28. The first kappa shape index (κ1) is 27.1. The lowest BCUT2D eigenvalue weighted by molar-refractivity contribution is 0.0726. The van der Waals surface area contributed by atoms with E-state index in [-0.39, 0.29) is 24.0 Å². The Balaban J connectivity index is 1.22. The molecule has 1 aliphatic rings. The Labute approximate surface area is 234 Å². The molecule has 1 amide bonds. The van der Waals surface area contributed by atoms with Crippen molar-refractivity contribution in [1.29, 1.82) is 0 Å². The largest absolute Gasteiger partial charge is 0.387 e. The van der Waals surface area contributed by atoms with Crippen LogP contribution in [0, 0.1) is 6.92 Å². The molecule has 0 spiro atoms. The van der Waals surface area contributed by atoms with Crippen molar-refractivity contribution in [1.82, 2.24) is 25.4 Å². The smallest absolute Gasteiger partial charge is 0.254 e. The molecular formula is C31H34ClN5O2. The summed E-state index contributed by atoms with van der Waals surface area (Å²) in [6.45, 7) is 1.97. The Hall–Kier alpha value is -3.52. The summed E-state index contributed by atoms with van der Waals surface area (Å²) < 4.78 is 0. The molecular weight excluding hydrogens is 510 g/mol. The summed E-state index contributed by atoms with van der Waals surface area (Å²) in [6.07, 6.45) is 4.36. The molecule has 4 unspecified atom stereocenters. The molecule has 8 heteroatoms. The molecule has 5 rings (SSSR count). The van der Waals surface area contributed by atoms with Crippen LogP contribution in [0.5, 0.6) is 0 Å². The molecule has 39 heavy (non-hydrogen) atoms. The highest BCUT2D eigenvalue weighted by Gasteiger charge is 2.30. The Morgan fingerprint density at radius 1 is 1.08 bits per heavy atom. The van der Waals surface area contributed by atoms with Crippen LogP contribution in [-0.4, -0.2) is 50.2 Å². The van der Waals surface area contributed by atoms with Gasteiger partial charge in [-0.3, -0.25) is 9.89 Å². The number of H-pyrrole nitrogens is 1. The number of nitrogens with zero attached hydrogens (tertiary/aromatic N) is 3. The lowest BCUT2D eigenvalue weighted by Crippen LogP contribution is -2.35. The second kappa shape index (κ2) is 12.1. The predicted octanol–water partition coefficient (Wildman–Crippen LogP) is 5.22. The number of halogens is 1. The monoisotopic (exact) mass is 543 g/mol. The number of aromatic nitrogens is 3. The third-order valence-corrected chi connectivity index (χ3v) is 7.78.